The van der Waals surface area contributed by atoms with Crippen LogP contribution in [0.5, 0.6) is 0 Å². The molecule has 8 N–H and O–H groups in total. The average molecular weight is 1020 g/mol. The molecule has 4 saturated heterocycles. The minimum atomic E-state index is -1.93. The normalized spacial score (nSPS) is 51.0. The van der Waals surface area contributed by atoms with Crippen LogP contribution in [0.2, 0.25) is 0 Å². The van der Waals surface area contributed by atoms with Crippen LogP contribution in [0.15, 0.2) is 42.0 Å². The molecule has 4 aliphatic carbocycles. The molecule has 1 aromatic carbocycles. The first-order chi connectivity index (χ1) is 34.0. The minimum Gasteiger partial charge on any atom is -0.458 e. The van der Waals surface area contributed by atoms with Crippen molar-refractivity contribution in [1.82, 2.24) is 0 Å². The molecule has 19 nitrogen and oxygen atoms in total. The van der Waals surface area contributed by atoms with Crippen LogP contribution in [0.1, 0.15) is 129 Å². The summed E-state index contributed by atoms with van der Waals surface area (Å²) >= 11 is 0. The van der Waals surface area contributed by atoms with E-state index in [0.29, 0.717) is 24.8 Å². The molecule has 8 aliphatic rings. The maximum Gasteiger partial charge on any atom is 0.338 e. The summed E-state index contributed by atoms with van der Waals surface area (Å²) in [7, 11) is 1.51. The molecule has 1 aromatic rings. The van der Waals surface area contributed by atoms with Gasteiger partial charge in [0.05, 0.1) is 72.0 Å². The van der Waals surface area contributed by atoms with Crippen LogP contribution in [0.25, 0.3) is 0 Å². The Morgan fingerprint density at radius 3 is 1.72 bits per heavy atom. The molecule has 72 heavy (non-hydrogen) atoms. The van der Waals surface area contributed by atoms with Crippen molar-refractivity contribution in [2.75, 3.05) is 7.11 Å². The van der Waals surface area contributed by atoms with Gasteiger partial charge in [0.1, 0.15) is 47.3 Å². The van der Waals surface area contributed by atoms with Gasteiger partial charge in [0.25, 0.3) is 0 Å². The Balaban J connectivity index is 0.786. The summed E-state index contributed by atoms with van der Waals surface area (Å²) in [5.74, 6) is -1.20. The summed E-state index contributed by atoms with van der Waals surface area (Å²) in [4.78, 5) is 13.7. The molecule has 3 saturated carbocycles. The third kappa shape index (κ3) is 9.34. The summed E-state index contributed by atoms with van der Waals surface area (Å²) < 4.78 is 61.3. The van der Waals surface area contributed by atoms with Gasteiger partial charge in [0.2, 0.25) is 0 Å². The molecule has 0 unspecified atom stereocenters. The molecule has 406 valence electrons. The largest absolute Gasteiger partial charge is 0.458 e. The summed E-state index contributed by atoms with van der Waals surface area (Å²) in [6.45, 7) is 12.2. The molecule has 4 heterocycles. The summed E-state index contributed by atoms with van der Waals surface area (Å²) in [5.41, 5.74) is -6.42. The lowest BCUT2D eigenvalue weighted by Gasteiger charge is -2.67. The number of methoxy groups -OCH3 is 1. The Hall–Kier alpha value is -2.25. The lowest BCUT2D eigenvalue weighted by Crippen LogP contribution is -2.78. The van der Waals surface area contributed by atoms with Gasteiger partial charge in [0, 0.05) is 38.7 Å². The van der Waals surface area contributed by atoms with Crippen LogP contribution >= 0.6 is 0 Å². The molecule has 0 amide bonds. The Bertz CT molecular complexity index is 2040. The predicted molar refractivity (Wildman–Crippen MR) is 252 cm³/mol. The zero-order valence-corrected chi connectivity index (χ0v) is 42.9. The zero-order chi connectivity index (χ0) is 51.9. The minimum absolute atomic E-state index is 0.000291. The molecule has 9 rings (SSSR count). The van der Waals surface area contributed by atoms with E-state index in [0.717, 1.165) is 5.57 Å². The fourth-order valence-electron chi connectivity index (χ4n) is 14.4. The third-order valence-electron chi connectivity index (χ3n) is 18.7. The number of aliphatic hydroxyl groups is 8. The van der Waals surface area contributed by atoms with Gasteiger partial charge in [-0.2, -0.15) is 0 Å². The SMILES string of the molecule is CO[C@@H]1C[C@H](O[C@H]2[C@H](O)C[C@H](O[C@H]3[C@H](O)C[C@H](O[C@H]4[C@@H](O)C[C@H](O[C@H]5CC[C@@]6(C)C(=CC[C@]7(O)[C@@H]6C[C@@H](OC(=O)c6ccccc6)[C@@]6(C)[C@]7(O)CC[C@@]6(O)[C@H](C)O)C5)O[C@@H]4C)O[C@@H]3C)O[C@@H]2C)O[C@H](C)[C@H]1O. The van der Waals surface area contributed by atoms with Gasteiger partial charge < -0.3 is 88.2 Å². The molecule has 19 heteroatoms. The van der Waals surface area contributed by atoms with Crippen LogP contribution in [0.3, 0.4) is 0 Å². The van der Waals surface area contributed by atoms with E-state index >= 15 is 0 Å². The van der Waals surface area contributed by atoms with E-state index < -0.39 is 150 Å². The summed E-state index contributed by atoms with van der Waals surface area (Å²) in [6.07, 6.45) is -10.6. The lowest BCUT2D eigenvalue weighted by atomic mass is 9.42. The van der Waals surface area contributed by atoms with Crippen LogP contribution in [0, 0.1) is 16.7 Å². The third-order valence-corrected chi connectivity index (χ3v) is 18.7. The molecule has 25 atom stereocenters. The zero-order valence-electron chi connectivity index (χ0n) is 42.9. The van der Waals surface area contributed by atoms with Gasteiger partial charge in [-0.05, 0) is 97.1 Å². The number of ether oxygens (including phenoxy) is 10. The van der Waals surface area contributed by atoms with Gasteiger partial charge >= 0.3 is 5.97 Å². The van der Waals surface area contributed by atoms with E-state index in [9.17, 15) is 45.6 Å². The summed E-state index contributed by atoms with van der Waals surface area (Å²) in [5, 5.41) is 93.4. The fourth-order valence-corrected chi connectivity index (χ4v) is 14.4. The number of rotatable bonds is 12. The van der Waals surface area contributed by atoms with Crippen LogP contribution in [-0.4, -0.2) is 187 Å². The van der Waals surface area contributed by atoms with E-state index in [1.54, 1.807) is 65.0 Å². The Labute approximate surface area is 421 Å². The van der Waals surface area contributed by atoms with Gasteiger partial charge in [-0.3, -0.25) is 0 Å². The lowest BCUT2D eigenvalue weighted by molar-refractivity contribution is -0.344. The highest BCUT2D eigenvalue weighted by atomic mass is 16.8. The number of hydrogen-bond acceptors (Lipinski definition) is 19. The van der Waals surface area contributed by atoms with Crippen molar-refractivity contribution in [3.63, 3.8) is 0 Å². The molecule has 0 aromatic heterocycles. The quantitative estimate of drug-likeness (QED) is 0.110. The first-order valence-corrected chi connectivity index (χ1v) is 26.3. The monoisotopic (exact) mass is 1020 g/mol. The summed E-state index contributed by atoms with van der Waals surface area (Å²) in [6, 6.07) is 8.51. The van der Waals surface area contributed by atoms with Crippen molar-refractivity contribution in [2.45, 2.75) is 253 Å². The van der Waals surface area contributed by atoms with Crippen molar-refractivity contribution in [3.8, 4) is 0 Å². The molecule has 0 bridgehead atoms. The van der Waals surface area contributed by atoms with Gasteiger partial charge in [0.15, 0.2) is 25.2 Å². The maximum absolute atomic E-state index is 13.7. The molecule has 0 spiro atoms. The second-order valence-corrected chi connectivity index (χ2v) is 22.8. The van der Waals surface area contributed by atoms with Crippen LogP contribution < -0.4 is 0 Å². The van der Waals surface area contributed by atoms with E-state index in [-0.39, 0.29) is 57.5 Å². The average Bonchev–Trinajstić information content (AvgIpc) is 3.56. The number of carbonyl (C=O) groups is 1. The Morgan fingerprint density at radius 2 is 1.21 bits per heavy atom. The predicted octanol–water partition coefficient (Wildman–Crippen LogP) is 2.67. The molecule has 0 radical (unpaired) electrons. The van der Waals surface area contributed by atoms with Crippen molar-refractivity contribution >= 4 is 5.97 Å². The fraction of sp³-hybridized carbons (Fsp3) is 0.830. The first-order valence-electron chi connectivity index (χ1n) is 26.3. The second kappa shape index (κ2) is 20.6. The second-order valence-electron chi connectivity index (χ2n) is 22.8. The Morgan fingerprint density at radius 1 is 0.694 bits per heavy atom. The van der Waals surface area contributed by atoms with Crippen LogP contribution in [0.4, 0.5) is 0 Å². The molecular formula is C53H80O19. The van der Waals surface area contributed by atoms with Crippen molar-refractivity contribution in [3.05, 3.63) is 47.5 Å². The molecule has 4 aliphatic heterocycles. The molecular weight excluding hydrogens is 941 g/mol. The van der Waals surface area contributed by atoms with Crippen LogP contribution in [-0.2, 0) is 47.4 Å². The first kappa shape index (κ1) is 54.5. The number of aliphatic hydroxyl groups excluding tert-OH is 5. The number of benzene rings is 1. The van der Waals surface area contributed by atoms with Crippen molar-refractivity contribution in [1.29, 1.82) is 0 Å². The smallest absolute Gasteiger partial charge is 0.338 e. The molecule has 7 fully saturated rings. The maximum atomic E-state index is 13.7. The van der Waals surface area contributed by atoms with Crippen molar-refractivity contribution < 1.29 is 93.0 Å². The van der Waals surface area contributed by atoms with E-state index in [1.165, 1.54) is 14.0 Å². The van der Waals surface area contributed by atoms with E-state index in [2.05, 4.69) is 6.92 Å². The highest BCUT2D eigenvalue weighted by Gasteiger charge is 2.81. The topological polar surface area (TPSA) is 271 Å². The number of hydrogen-bond donors (Lipinski definition) is 8. The number of esters is 1. The highest BCUT2D eigenvalue weighted by molar-refractivity contribution is 5.89. The standard InChI is InChI=1S/C53H80O19/c1-26-44(58)37(63-8)24-43(64-26)72-47-29(4)67-42(23-36(47)57)71-46-28(3)66-41(22-35(46)56)70-45-27(2)65-40(21-34(45)55)68-33-15-16-49(6)32(20-33)14-17-52(61)38(49)25-39(69-48(59)31-12-10-9-11-13-31)50(7)51(60,30(5)54)18-19-53(50,52)62/h9-14,26-30,33-47,54-58,60-62H,15-25H2,1-8H3/t26-,27-,28-,29-,30+,33+,34+,35-,36-,37-,38-,39-,40+,41+,42+,43+,44-,45-,46-,47-,49+,50-,51-,52+,53-/m1/s1. The van der Waals surface area contributed by atoms with Gasteiger partial charge in [-0.1, -0.05) is 43.7 Å². The highest BCUT2D eigenvalue weighted by Crippen LogP contribution is 2.71. The van der Waals surface area contributed by atoms with Gasteiger partial charge in [-0.15, -0.1) is 0 Å². The number of fused-ring (bicyclic) bond motifs is 5. The van der Waals surface area contributed by atoms with Crippen molar-refractivity contribution in [2.24, 2.45) is 16.7 Å². The Kier molecular flexibility index (Phi) is 15.6. The van der Waals surface area contributed by atoms with Gasteiger partial charge in [-0.25, -0.2) is 4.79 Å². The van der Waals surface area contributed by atoms with E-state index in [4.69, 9.17) is 47.4 Å². The number of carbonyl (C=O) groups excluding carboxylic acids is 1. The van der Waals surface area contributed by atoms with E-state index in [1.807, 2.05) is 6.08 Å².